The number of hydrogen-bond donors (Lipinski definition) is 4. The number of nitrogens with one attached hydrogen (secondary N) is 2. The minimum Gasteiger partial charge on any atom is -0.480 e. The number of hydrogen-bond acceptors (Lipinski definition) is 7. The minimum absolute atomic E-state index is 0.0152. The highest BCUT2D eigenvalue weighted by Crippen LogP contribution is 2.39. The quantitative estimate of drug-likeness (QED) is 0.0796. The second-order valence-corrected chi connectivity index (χ2v) is 16.1. The summed E-state index contributed by atoms with van der Waals surface area (Å²) < 4.78 is 28.7. The number of aliphatic carboxylic acids is 2. The number of carbonyl (C=O) groups is 4. The summed E-state index contributed by atoms with van der Waals surface area (Å²) in [4.78, 5) is 51.7. The lowest BCUT2D eigenvalue weighted by atomic mass is 9.95. The molecule has 0 saturated carbocycles. The van der Waals surface area contributed by atoms with Crippen molar-refractivity contribution in [3.05, 3.63) is 112 Å². The van der Waals surface area contributed by atoms with Gasteiger partial charge in [0.1, 0.15) is 10.5 Å². The number of rotatable bonds is 17. The van der Waals surface area contributed by atoms with E-state index in [0.29, 0.717) is 41.9 Å². The Hall–Kier alpha value is -4.85. The molecule has 4 rings (SSSR count). The molecule has 4 N–H and O–H groups in total. The molecule has 13 heteroatoms. The van der Waals surface area contributed by atoms with E-state index in [1.54, 1.807) is 39.0 Å². The molecule has 0 radical (unpaired) electrons. The van der Waals surface area contributed by atoms with Crippen molar-refractivity contribution in [3.63, 3.8) is 0 Å². The van der Waals surface area contributed by atoms with Gasteiger partial charge in [0.25, 0.3) is 11.8 Å². The van der Waals surface area contributed by atoms with Crippen LogP contribution in [0.1, 0.15) is 96.5 Å². The van der Waals surface area contributed by atoms with E-state index in [4.69, 9.17) is 0 Å². The average Bonchev–Trinajstić information content (AvgIpc) is 3.51. The predicted octanol–water partition coefficient (Wildman–Crippen LogP) is 7.86. The fourth-order valence-corrected chi connectivity index (χ4v) is 9.32. The van der Waals surface area contributed by atoms with Gasteiger partial charge in [0.2, 0.25) is 10.0 Å². The van der Waals surface area contributed by atoms with Crippen LogP contribution in [0.25, 0.3) is 0 Å². The molecule has 1 aliphatic carbocycles. The Balaban J connectivity index is 1.52. The number of benzene rings is 2. The number of nitrogens with zero attached hydrogens (tertiary/aromatic N) is 1. The van der Waals surface area contributed by atoms with E-state index in [1.807, 2.05) is 12.1 Å². The molecule has 3 aromatic rings. The molecule has 0 bridgehead atoms. The van der Waals surface area contributed by atoms with Crippen LogP contribution < -0.4 is 10.6 Å². The Morgan fingerprint density at radius 2 is 1.68 bits per heavy atom. The van der Waals surface area contributed by atoms with Crippen LogP contribution in [0.5, 0.6) is 0 Å². The van der Waals surface area contributed by atoms with Crippen LogP contribution in [-0.4, -0.2) is 58.8 Å². The zero-order valence-corrected chi connectivity index (χ0v) is 32.2. The molecule has 0 saturated heterocycles. The van der Waals surface area contributed by atoms with Crippen molar-refractivity contribution in [2.45, 2.75) is 89.5 Å². The monoisotopic (exact) mass is 761 g/mol. The number of carboxylic acids is 2. The van der Waals surface area contributed by atoms with Gasteiger partial charge in [-0.1, -0.05) is 56.4 Å². The normalized spacial score (nSPS) is 14.4. The first-order valence-electron chi connectivity index (χ1n) is 17.6. The van der Waals surface area contributed by atoms with Gasteiger partial charge in [-0.15, -0.1) is 11.3 Å². The molecule has 0 fully saturated rings. The number of amides is 2. The number of thiophene rings is 1. The number of sulfonamides is 1. The van der Waals surface area contributed by atoms with E-state index in [1.165, 1.54) is 54.7 Å². The van der Waals surface area contributed by atoms with Crippen LogP contribution in [0.3, 0.4) is 0 Å². The maximum absolute atomic E-state index is 13.8. The van der Waals surface area contributed by atoms with Crippen LogP contribution in [0, 0.1) is 0 Å². The third-order valence-electron chi connectivity index (χ3n) is 9.44. The number of aryl methyl sites for hydroxylation is 2. The zero-order valence-electron chi connectivity index (χ0n) is 30.5. The molecule has 11 nitrogen and oxygen atoms in total. The van der Waals surface area contributed by atoms with Crippen molar-refractivity contribution < 1.29 is 37.8 Å². The van der Waals surface area contributed by atoms with Gasteiger partial charge in [-0.25, -0.2) is 13.2 Å². The zero-order chi connectivity index (χ0) is 38.9. The summed E-state index contributed by atoms with van der Waals surface area (Å²) >= 11 is 1.34. The third kappa shape index (κ3) is 9.58. The van der Waals surface area contributed by atoms with E-state index in [2.05, 4.69) is 17.2 Å². The van der Waals surface area contributed by atoms with Crippen molar-refractivity contribution >= 4 is 55.8 Å². The van der Waals surface area contributed by atoms with Gasteiger partial charge in [-0.2, -0.15) is 4.31 Å². The molecule has 0 aliphatic heterocycles. The number of carbonyl (C=O) groups excluding carboxylic acids is 2. The van der Waals surface area contributed by atoms with Gasteiger partial charge in [-0.3, -0.25) is 14.4 Å². The van der Waals surface area contributed by atoms with Gasteiger partial charge >= 0.3 is 11.9 Å². The highest BCUT2D eigenvalue weighted by atomic mass is 32.2. The number of fused-ring (bicyclic) bond motifs is 1. The molecular formula is C40H47N3O8S2. The summed E-state index contributed by atoms with van der Waals surface area (Å²) in [5.41, 5.74) is 2.18. The molecule has 282 valence electrons. The summed E-state index contributed by atoms with van der Waals surface area (Å²) in [7, 11) is -4.30. The molecule has 1 aliphatic rings. The number of carboxylic acid groups (broad SMARTS) is 2. The smallest absolute Gasteiger partial charge is 0.335 e. The van der Waals surface area contributed by atoms with E-state index in [9.17, 15) is 37.8 Å². The lowest BCUT2D eigenvalue weighted by Crippen LogP contribution is -2.54. The Morgan fingerprint density at radius 3 is 2.30 bits per heavy atom. The fraction of sp³-hybridized carbons (Fsp3) is 0.350. The lowest BCUT2D eigenvalue weighted by molar-refractivity contribution is -0.147. The first kappa shape index (κ1) is 40.9. The van der Waals surface area contributed by atoms with Crippen molar-refractivity contribution in [1.29, 1.82) is 0 Å². The average molecular weight is 762 g/mol. The Morgan fingerprint density at radius 1 is 0.981 bits per heavy atom. The standard InChI is InChI=1S/C40H47N3O8S2/c1-6-24-43(40(5,8-3)39(48)49)53(50,51)31-13-11-12-29(25-31)35(44)42-37-34(32-14-9-10-15-33(32)52-37)36(45)41-30-22-19-27(20-23-30)18-16-26(4)17-21-28(7-2)38(46)47/h7,11-13,17,19-23,25H,4,6,8-10,14-16,18,24H2,1-3,5H3,(H,41,45)(H,42,44)(H,46,47)(H,48,49)/b21-17-,28-7+. The van der Waals surface area contributed by atoms with E-state index in [-0.39, 0.29) is 34.9 Å². The molecular weight excluding hydrogens is 715 g/mol. The van der Waals surface area contributed by atoms with Crippen LogP contribution in [0.15, 0.2) is 89.4 Å². The second-order valence-electron chi connectivity index (χ2n) is 13.1. The topological polar surface area (TPSA) is 170 Å². The highest BCUT2D eigenvalue weighted by molar-refractivity contribution is 7.89. The van der Waals surface area contributed by atoms with Gasteiger partial charge in [0.15, 0.2) is 0 Å². The largest absolute Gasteiger partial charge is 0.480 e. The second kappa shape index (κ2) is 17.8. The summed E-state index contributed by atoms with van der Waals surface area (Å²) in [5.74, 6) is -3.23. The molecule has 1 aromatic heterocycles. The molecule has 2 aromatic carbocycles. The van der Waals surface area contributed by atoms with Crippen molar-refractivity contribution in [2.75, 3.05) is 17.2 Å². The number of anilines is 2. The van der Waals surface area contributed by atoms with Crippen LogP contribution in [0.2, 0.25) is 0 Å². The van der Waals surface area contributed by atoms with E-state index < -0.39 is 33.4 Å². The molecule has 2 amide bonds. The molecule has 0 spiro atoms. The summed E-state index contributed by atoms with van der Waals surface area (Å²) in [6.45, 7) is 10.4. The van der Waals surface area contributed by atoms with Gasteiger partial charge in [0, 0.05) is 22.7 Å². The molecule has 1 unspecified atom stereocenters. The number of allylic oxidation sites excluding steroid dienone is 3. The Labute approximate surface area is 315 Å². The first-order chi connectivity index (χ1) is 25.2. The van der Waals surface area contributed by atoms with Crippen LogP contribution >= 0.6 is 11.3 Å². The van der Waals surface area contributed by atoms with E-state index >= 15 is 0 Å². The summed E-state index contributed by atoms with van der Waals surface area (Å²) in [5, 5.41) is 25.3. The van der Waals surface area contributed by atoms with Crippen molar-refractivity contribution in [3.8, 4) is 0 Å². The summed E-state index contributed by atoms with van der Waals surface area (Å²) in [6, 6.07) is 12.9. The van der Waals surface area contributed by atoms with Gasteiger partial charge in [-0.05, 0) is 113 Å². The fourth-order valence-electron chi connectivity index (χ4n) is 6.10. The Bertz CT molecular complexity index is 2050. The predicted molar refractivity (Wildman–Crippen MR) is 208 cm³/mol. The van der Waals surface area contributed by atoms with Crippen LogP contribution in [-0.2, 0) is 38.9 Å². The van der Waals surface area contributed by atoms with Crippen molar-refractivity contribution in [1.82, 2.24) is 4.31 Å². The highest BCUT2D eigenvalue weighted by Gasteiger charge is 2.45. The maximum atomic E-state index is 13.8. The third-order valence-corrected chi connectivity index (χ3v) is 12.7. The van der Waals surface area contributed by atoms with Crippen molar-refractivity contribution in [2.24, 2.45) is 0 Å². The Kier molecular flexibility index (Phi) is 13.7. The maximum Gasteiger partial charge on any atom is 0.335 e. The summed E-state index contributed by atoms with van der Waals surface area (Å²) in [6.07, 6.45) is 9.79. The minimum atomic E-state index is -4.30. The first-order valence-corrected chi connectivity index (χ1v) is 19.9. The van der Waals surface area contributed by atoms with Gasteiger partial charge < -0.3 is 20.8 Å². The molecule has 53 heavy (non-hydrogen) atoms. The van der Waals surface area contributed by atoms with E-state index in [0.717, 1.165) is 45.1 Å². The van der Waals surface area contributed by atoms with Gasteiger partial charge in [0.05, 0.1) is 16.0 Å². The molecule has 1 atom stereocenters. The SMILES string of the molecule is C=C(/C=C\C(=C/C)C(=O)O)CCc1ccc(NC(=O)c2c(NC(=O)c3cccc(S(=O)(=O)N(CCC)C(C)(CC)C(=O)O)c3)sc3c2CCCC3)cc1. The molecule has 1 heterocycles. The van der Waals surface area contributed by atoms with Crippen LogP contribution in [0.4, 0.5) is 10.7 Å². The lowest BCUT2D eigenvalue weighted by Gasteiger charge is -2.36.